The average Bonchev–Trinajstić information content (AvgIpc) is 2.15. The van der Waals surface area contributed by atoms with E-state index in [-0.39, 0.29) is 0 Å². The molecule has 2 rings (SSSR count). The number of ether oxygens (including phenoxy) is 1. The predicted molar refractivity (Wildman–Crippen MR) is 30.7 cm³/mol. The van der Waals surface area contributed by atoms with Gasteiger partial charge in [0.2, 0.25) is 0 Å². The maximum Gasteiger partial charge on any atom is 0.0623 e. The van der Waals surface area contributed by atoms with Crippen LogP contribution in [-0.2, 0) is 4.74 Å². The van der Waals surface area contributed by atoms with Gasteiger partial charge in [0.25, 0.3) is 0 Å². The van der Waals surface area contributed by atoms with Crippen molar-refractivity contribution in [1.82, 2.24) is 5.32 Å². The molecule has 2 aliphatic rings. The van der Waals surface area contributed by atoms with E-state index in [1.807, 2.05) is 0 Å². The molecule has 0 spiro atoms. The van der Waals surface area contributed by atoms with Crippen LogP contribution >= 0.6 is 0 Å². The molecule has 46 valence electrons. The second-order valence-corrected chi connectivity index (χ2v) is 2.65. The highest BCUT2D eigenvalue weighted by molar-refractivity contribution is 4.86. The molecule has 0 amide bonds. The van der Waals surface area contributed by atoms with Gasteiger partial charge in [-0.1, -0.05) is 0 Å². The number of nitrogens with one attached hydrogen (secondary N) is 1. The molecule has 2 heteroatoms. The van der Waals surface area contributed by atoms with E-state index in [4.69, 9.17) is 4.74 Å². The van der Waals surface area contributed by atoms with Gasteiger partial charge >= 0.3 is 0 Å². The van der Waals surface area contributed by atoms with Crippen LogP contribution < -0.4 is 5.32 Å². The number of hydrogen-bond acceptors (Lipinski definition) is 2. The van der Waals surface area contributed by atoms with Crippen molar-refractivity contribution in [1.29, 1.82) is 0 Å². The Kier molecular flexibility index (Phi) is 1.02. The lowest BCUT2D eigenvalue weighted by molar-refractivity contribution is 0.177. The largest absolute Gasteiger partial charge is 0.379 e. The lowest BCUT2D eigenvalue weighted by atomic mass is 10.1. The van der Waals surface area contributed by atoms with E-state index >= 15 is 0 Å². The summed E-state index contributed by atoms with van der Waals surface area (Å²) in [6.45, 7) is 3.15. The third-order valence-electron chi connectivity index (χ3n) is 2.12. The monoisotopic (exact) mass is 113 g/mol. The molecule has 2 fully saturated rings. The van der Waals surface area contributed by atoms with Crippen LogP contribution in [0.15, 0.2) is 0 Å². The quantitative estimate of drug-likeness (QED) is 0.477. The van der Waals surface area contributed by atoms with E-state index in [0.717, 1.165) is 19.1 Å². The maximum absolute atomic E-state index is 5.25. The smallest absolute Gasteiger partial charge is 0.0623 e. The Morgan fingerprint density at radius 1 is 1.38 bits per heavy atom. The summed E-state index contributed by atoms with van der Waals surface area (Å²) >= 11 is 0. The summed E-state index contributed by atoms with van der Waals surface area (Å²) in [5.74, 6) is 0.843. The van der Waals surface area contributed by atoms with Crippen LogP contribution in [0.2, 0.25) is 0 Å². The van der Waals surface area contributed by atoms with Gasteiger partial charge in [-0.05, 0) is 13.0 Å². The fourth-order valence-corrected chi connectivity index (χ4v) is 1.56. The van der Waals surface area contributed by atoms with Gasteiger partial charge in [-0.15, -0.1) is 0 Å². The van der Waals surface area contributed by atoms with Crippen molar-refractivity contribution in [3.8, 4) is 0 Å². The highest BCUT2D eigenvalue weighted by atomic mass is 16.5. The van der Waals surface area contributed by atoms with Gasteiger partial charge < -0.3 is 10.1 Å². The summed E-state index contributed by atoms with van der Waals surface area (Å²) < 4.78 is 5.25. The third kappa shape index (κ3) is 0.565. The van der Waals surface area contributed by atoms with Gasteiger partial charge in [-0.3, -0.25) is 0 Å². The molecule has 0 radical (unpaired) electrons. The maximum atomic E-state index is 5.25. The predicted octanol–water partition coefficient (Wildman–Crippen LogP) is -0.00530. The fraction of sp³-hybridized carbons (Fsp3) is 1.00. The molecule has 0 bridgehead atoms. The summed E-state index contributed by atoms with van der Waals surface area (Å²) in [6.07, 6.45) is 1.32. The Balaban J connectivity index is 2.04. The van der Waals surface area contributed by atoms with Crippen molar-refractivity contribution in [2.24, 2.45) is 5.92 Å². The minimum atomic E-state index is 0.704. The second kappa shape index (κ2) is 1.71. The van der Waals surface area contributed by atoms with Gasteiger partial charge in [-0.2, -0.15) is 0 Å². The zero-order valence-corrected chi connectivity index (χ0v) is 4.89. The lowest BCUT2D eigenvalue weighted by Gasteiger charge is -2.02. The summed E-state index contributed by atoms with van der Waals surface area (Å²) in [5, 5.41) is 3.39. The molecule has 0 aliphatic carbocycles. The highest BCUT2D eigenvalue weighted by Gasteiger charge is 2.31. The van der Waals surface area contributed by atoms with Crippen LogP contribution in [-0.4, -0.2) is 25.8 Å². The Hall–Kier alpha value is -0.0800. The molecule has 2 saturated heterocycles. The van der Waals surface area contributed by atoms with Gasteiger partial charge in [0.05, 0.1) is 13.2 Å². The number of rotatable bonds is 0. The van der Waals surface area contributed by atoms with E-state index in [1.165, 1.54) is 13.0 Å². The highest BCUT2D eigenvalue weighted by Crippen LogP contribution is 2.21. The van der Waals surface area contributed by atoms with E-state index in [0.29, 0.717) is 6.04 Å². The number of fused-ring (bicyclic) bond motifs is 1. The van der Waals surface area contributed by atoms with Crippen molar-refractivity contribution < 1.29 is 4.74 Å². The molecule has 2 nitrogen and oxygen atoms in total. The van der Waals surface area contributed by atoms with Crippen LogP contribution in [0, 0.1) is 5.92 Å². The van der Waals surface area contributed by atoms with Crippen molar-refractivity contribution in [2.75, 3.05) is 19.8 Å². The van der Waals surface area contributed by atoms with Gasteiger partial charge in [0.15, 0.2) is 0 Å². The average molecular weight is 113 g/mol. The first-order chi connectivity index (χ1) is 3.97. The van der Waals surface area contributed by atoms with E-state index in [9.17, 15) is 0 Å². The van der Waals surface area contributed by atoms with Crippen LogP contribution in [0.5, 0.6) is 0 Å². The zero-order chi connectivity index (χ0) is 5.40. The Bertz CT molecular complexity index is 74.5. The van der Waals surface area contributed by atoms with Crippen LogP contribution in [0.25, 0.3) is 0 Å². The molecular weight excluding hydrogens is 102 g/mol. The molecule has 0 aromatic heterocycles. The number of hydrogen-bond donors (Lipinski definition) is 1. The standard InChI is InChI=1S/C6H11NO/c1-2-7-6-4-8-3-5(1)6/h5-7H,1-4H2/t5-,6+/m0/s1. The van der Waals surface area contributed by atoms with Gasteiger partial charge in [-0.25, -0.2) is 0 Å². The van der Waals surface area contributed by atoms with Crippen molar-refractivity contribution in [2.45, 2.75) is 12.5 Å². The summed E-state index contributed by atoms with van der Waals surface area (Å²) in [5.41, 5.74) is 0. The van der Waals surface area contributed by atoms with E-state index < -0.39 is 0 Å². The minimum absolute atomic E-state index is 0.704. The Morgan fingerprint density at radius 2 is 2.38 bits per heavy atom. The Morgan fingerprint density at radius 3 is 3.25 bits per heavy atom. The summed E-state index contributed by atoms with van der Waals surface area (Å²) in [7, 11) is 0. The molecule has 1 N–H and O–H groups in total. The molecule has 0 aromatic rings. The lowest BCUT2D eigenvalue weighted by Crippen LogP contribution is -2.25. The molecule has 8 heavy (non-hydrogen) atoms. The minimum Gasteiger partial charge on any atom is -0.379 e. The molecular formula is C6H11NO. The second-order valence-electron chi connectivity index (χ2n) is 2.65. The van der Waals surface area contributed by atoms with Crippen LogP contribution in [0.4, 0.5) is 0 Å². The first kappa shape index (κ1) is 4.77. The molecule has 2 atom stereocenters. The zero-order valence-electron chi connectivity index (χ0n) is 4.89. The molecule has 0 unspecified atom stereocenters. The normalized spacial score (nSPS) is 45.0. The molecule has 0 saturated carbocycles. The van der Waals surface area contributed by atoms with Gasteiger partial charge in [0.1, 0.15) is 0 Å². The van der Waals surface area contributed by atoms with Gasteiger partial charge in [0, 0.05) is 12.0 Å². The van der Waals surface area contributed by atoms with Crippen molar-refractivity contribution in [3.63, 3.8) is 0 Å². The van der Waals surface area contributed by atoms with Crippen LogP contribution in [0.1, 0.15) is 6.42 Å². The first-order valence-electron chi connectivity index (χ1n) is 3.28. The molecule has 2 aliphatic heterocycles. The third-order valence-corrected chi connectivity index (χ3v) is 2.12. The van der Waals surface area contributed by atoms with E-state index in [1.54, 1.807) is 0 Å². The first-order valence-corrected chi connectivity index (χ1v) is 3.28. The van der Waals surface area contributed by atoms with Crippen molar-refractivity contribution >= 4 is 0 Å². The van der Waals surface area contributed by atoms with E-state index in [2.05, 4.69) is 5.32 Å². The molecule has 0 aromatic carbocycles. The summed E-state index contributed by atoms with van der Waals surface area (Å²) in [4.78, 5) is 0. The van der Waals surface area contributed by atoms with Crippen molar-refractivity contribution in [3.05, 3.63) is 0 Å². The summed E-state index contributed by atoms with van der Waals surface area (Å²) in [6, 6.07) is 0.704. The Labute approximate surface area is 49.2 Å². The topological polar surface area (TPSA) is 21.3 Å². The SMILES string of the molecule is C1C[C@H]2COC[C@H]2N1. The molecule has 2 heterocycles. The van der Waals surface area contributed by atoms with Crippen LogP contribution in [0.3, 0.4) is 0 Å². The fourth-order valence-electron chi connectivity index (χ4n) is 1.56.